The zero-order valence-electron chi connectivity index (χ0n) is 31.1. The summed E-state index contributed by atoms with van der Waals surface area (Å²) in [7, 11) is 7.99. The second-order valence-corrected chi connectivity index (χ2v) is 12.8. The molecule has 0 aliphatic carbocycles. The SMILES string of the molecule is COc1cc(C2NC(=O)c3cc(C)ccc3N2)ccc1OCCCCCCOc1cccc(C2CC(c3cc(OC)c(OC)c(OC)c3)=NO2)c1OC. The molecule has 2 atom stereocenters. The van der Waals surface area contributed by atoms with Gasteiger partial charge in [0.05, 0.1) is 60.0 Å². The smallest absolute Gasteiger partial charge is 0.255 e. The summed E-state index contributed by atoms with van der Waals surface area (Å²) < 4.78 is 40.2. The number of nitrogens with zero attached hydrogens (tertiary/aromatic N) is 1. The standard InChI is InChI=1S/C41H47N3O9/c1-25-14-16-30-29(20-25)41(45)43-40(42-30)26-15-17-32(35(21-26)46-2)51-18-9-7-8-10-19-52-33-13-11-12-28(38(33)49-5)34-24-31(44-53-34)27-22-36(47-3)39(50-6)37(23-27)48-4/h11-17,20-23,34,40,42H,7-10,18-19,24H2,1-6H3,(H,43,45). The second kappa shape index (κ2) is 17.2. The number of amides is 1. The Morgan fingerprint density at radius 2 is 1.40 bits per heavy atom. The van der Waals surface area contributed by atoms with Crippen LogP contribution in [0.25, 0.3) is 0 Å². The predicted molar refractivity (Wildman–Crippen MR) is 202 cm³/mol. The number of nitrogens with one attached hydrogen (secondary N) is 2. The van der Waals surface area contributed by atoms with E-state index in [9.17, 15) is 4.79 Å². The molecular formula is C41H47N3O9. The first-order chi connectivity index (χ1) is 25.9. The maximum atomic E-state index is 12.7. The highest BCUT2D eigenvalue weighted by atomic mass is 16.6. The zero-order valence-corrected chi connectivity index (χ0v) is 31.1. The summed E-state index contributed by atoms with van der Waals surface area (Å²) in [6.07, 6.45) is 3.53. The number of carbonyl (C=O) groups is 1. The molecule has 0 spiro atoms. The van der Waals surface area contributed by atoms with E-state index in [4.69, 9.17) is 38.0 Å². The molecular weight excluding hydrogens is 678 g/mol. The van der Waals surface area contributed by atoms with Crippen LogP contribution >= 0.6 is 0 Å². The van der Waals surface area contributed by atoms with E-state index in [1.807, 2.05) is 73.7 Å². The highest BCUT2D eigenvalue weighted by molar-refractivity contribution is 6.03. The van der Waals surface area contributed by atoms with Gasteiger partial charge in [0.25, 0.3) is 5.91 Å². The number of hydrogen-bond acceptors (Lipinski definition) is 11. The predicted octanol–water partition coefficient (Wildman–Crippen LogP) is 7.78. The van der Waals surface area contributed by atoms with Crippen LogP contribution in [0.2, 0.25) is 0 Å². The molecule has 53 heavy (non-hydrogen) atoms. The number of ether oxygens (including phenoxy) is 7. The number of fused-ring (bicyclic) bond motifs is 1. The van der Waals surface area contributed by atoms with Crippen LogP contribution in [-0.2, 0) is 4.84 Å². The minimum Gasteiger partial charge on any atom is -0.493 e. The molecule has 280 valence electrons. The minimum atomic E-state index is -0.372. The summed E-state index contributed by atoms with van der Waals surface area (Å²) in [5.74, 6) is 4.08. The number of hydrogen-bond donors (Lipinski definition) is 2. The van der Waals surface area contributed by atoms with E-state index in [0.29, 0.717) is 65.4 Å². The molecule has 12 heteroatoms. The number of benzene rings is 4. The largest absolute Gasteiger partial charge is 0.493 e. The Hall–Kier alpha value is -5.78. The number of oxime groups is 1. The Labute approximate surface area is 310 Å². The first kappa shape index (κ1) is 37.0. The van der Waals surface area contributed by atoms with Gasteiger partial charge in [-0.05, 0) is 80.6 Å². The maximum absolute atomic E-state index is 12.7. The lowest BCUT2D eigenvalue weighted by Crippen LogP contribution is -2.38. The molecule has 0 saturated heterocycles. The van der Waals surface area contributed by atoms with Crippen molar-refractivity contribution in [3.63, 3.8) is 0 Å². The van der Waals surface area contributed by atoms with Crippen molar-refractivity contribution in [1.82, 2.24) is 5.32 Å². The van der Waals surface area contributed by atoms with Gasteiger partial charge in [0.1, 0.15) is 6.17 Å². The molecule has 2 unspecified atom stereocenters. The van der Waals surface area contributed by atoms with Crippen LogP contribution in [0.3, 0.4) is 0 Å². The fourth-order valence-electron chi connectivity index (χ4n) is 6.52. The molecule has 0 fully saturated rings. The molecule has 2 N–H and O–H groups in total. The molecule has 4 aromatic carbocycles. The molecule has 0 saturated carbocycles. The van der Waals surface area contributed by atoms with E-state index >= 15 is 0 Å². The lowest BCUT2D eigenvalue weighted by atomic mass is 9.98. The summed E-state index contributed by atoms with van der Waals surface area (Å²) in [5, 5.41) is 10.8. The fraction of sp³-hybridized carbons (Fsp3) is 0.366. The van der Waals surface area contributed by atoms with Gasteiger partial charge < -0.3 is 48.6 Å². The number of aryl methyl sites for hydroxylation is 1. The Morgan fingerprint density at radius 3 is 2.08 bits per heavy atom. The van der Waals surface area contributed by atoms with Crippen molar-refractivity contribution in [3.8, 4) is 40.2 Å². The third-order valence-electron chi connectivity index (χ3n) is 9.30. The topological polar surface area (TPSA) is 127 Å². The van der Waals surface area contributed by atoms with Gasteiger partial charge in [-0.1, -0.05) is 35.0 Å². The summed E-state index contributed by atoms with van der Waals surface area (Å²) in [5.41, 5.74) is 5.80. The van der Waals surface area contributed by atoms with Crippen LogP contribution in [0.15, 0.2) is 71.9 Å². The molecule has 0 aromatic heterocycles. The molecule has 12 nitrogen and oxygen atoms in total. The number of carbonyl (C=O) groups excluding carboxylic acids is 1. The number of rotatable bonds is 17. The molecule has 1 amide bonds. The van der Waals surface area contributed by atoms with Crippen molar-refractivity contribution in [2.75, 3.05) is 54.1 Å². The molecule has 2 heterocycles. The number of para-hydroxylation sites is 1. The van der Waals surface area contributed by atoms with Crippen LogP contribution in [0.1, 0.15) is 77.0 Å². The lowest BCUT2D eigenvalue weighted by Gasteiger charge is -2.28. The number of methoxy groups -OCH3 is 5. The second-order valence-electron chi connectivity index (χ2n) is 12.8. The lowest BCUT2D eigenvalue weighted by molar-refractivity contribution is 0.0832. The Kier molecular flexibility index (Phi) is 12.0. The van der Waals surface area contributed by atoms with Crippen LogP contribution in [-0.4, -0.2) is 60.4 Å². The summed E-state index contributed by atoms with van der Waals surface area (Å²) in [6.45, 7) is 3.07. The van der Waals surface area contributed by atoms with Crippen molar-refractivity contribution in [2.45, 2.75) is 51.3 Å². The number of anilines is 1. The average molecular weight is 726 g/mol. The summed E-state index contributed by atoms with van der Waals surface area (Å²) in [4.78, 5) is 18.6. The van der Waals surface area contributed by atoms with Crippen LogP contribution < -0.4 is 43.8 Å². The van der Waals surface area contributed by atoms with Crippen molar-refractivity contribution in [3.05, 3.63) is 94.5 Å². The van der Waals surface area contributed by atoms with Gasteiger partial charge in [-0.2, -0.15) is 0 Å². The van der Waals surface area contributed by atoms with Crippen LogP contribution in [0.4, 0.5) is 5.69 Å². The van der Waals surface area contributed by atoms with E-state index < -0.39 is 0 Å². The summed E-state index contributed by atoms with van der Waals surface area (Å²) in [6, 6.07) is 21.1. The van der Waals surface area contributed by atoms with Gasteiger partial charge in [-0.3, -0.25) is 4.79 Å². The quantitative estimate of drug-likeness (QED) is 0.104. The van der Waals surface area contributed by atoms with E-state index in [-0.39, 0.29) is 18.2 Å². The molecule has 2 aliphatic heterocycles. The molecule has 2 aliphatic rings. The first-order valence-electron chi connectivity index (χ1n) is 17.7. The zero-order chi connectivity index (χ0) is 37.3. The van der Waals surface area contributed by atoms with Gasteiger partial charge >= 0.3 is 0 Å². The third-order valence-corrected chi connectivity index (χ3v) is 9.30. The Bertz CT molecular complexity index is 1920. The van der Waals surface area contributed by atoms with Gasteiger partial charge in [-0.15, -0.1) is 0 Å². The summed E-state index contributed by atoms with van der Waals surface area (Å²) >= 11 is 0. The molecule has 0 radical (unpaired) electrons. The van der Waals surface area contributed by atoms with E-state index in [0.717, 1.165) is 59.3 Å². The fourth-order valence-corrected chi connectivity index (χ4v) is 6.52. The Morgan fingerprint density at radius 1 is 0.698 bits per heavy atom. The van der Waals surface area contributed by atoms with Gasteiger partial charge in [-0.25, -0.2) is 0 Å². The van der Waals surface area contributed by atoms with Crippen molar-refractivity contribution in [1.29, 1.82) is 0 Å². The normalized spacial score (nSPS) is 16.0. The highest BCUT2D eigenvalue weighted by Gasteiger charge is 2.30. The van der Waals surface area contributed by atoms with Gasteiger partial charge in [0, 0.05) is 23.2 Å². The van der Waals surface area contributed by atoms with E-state index in [1.165, 1.54) is 0 Å². The monoisotopic (exact) mass is 725 g/mol. The molecule has 4 aromatic rings. The van der Waals surface area contributed by atoms with Crippen LogP contribution in [0, 0.1) is 6.92 Å². The van der Waals surface area contributed by atoms with Crippen molar-refractivity contribution >= 4 is 17.3 Å². The van der Waals surface area contributed by atoms with Gasteiger partial charge in [0.15, 0.2) is 40.6 Å². The molecule has 0 bridgehead atoms. The third kappa shape index (κ3) is 8.32. The maximum Gasteiger partial charge on any atom is 0.255 e. The highest BCUT2D eigenvalue weighted by Crippen LogP contribution is 2.43. The van der Waals surface area contributed by atoms with E-state index in [1.54, 1.807) is 35.5 Å². The van der Waals surface area contributed by atoms with Crippen LogP contribution in [0.5, 0.6) is 40.2 Å². The first-order valence-corrected chi connectivity index (χ1v) is 17.7. The van der Waals surface area contributed by atoms with Gasteiger partial charge in [0.2, 0.25) is 5.75 Å². The van der Waals surface area contributed by atoms with Crippen molar-refractivity contribution in [2.24, 2.45) is 5.16 Å². The molecule has 6 rings (SSSR count). The number of unbranched alkanes of at least 4 members (excludes halogenated alkanes) is 3. The average Bonchev–Trinajstić information content (AvgIpc) is 3.68. The Balaban J connectivity index is 0.952. The van der Waals surface area contributed by atoms with E-state index in [2.05, 4.69) is 15.8 Å². The van der Waals surface area contributed by atoms with Crippen molar-refractivity contribution < 1.29 is 42.8 Å². The minimum absolute atomic E-state index is 0.109.